The summed E-state index contributed by atoms with van der Waals surface area (Å²) >= 11 is 0. The summed E-state index contributed by atoms with van der Waals surface area (Å²) in [6, 6.07) is 20.2. The van der Waals surface area contributed by atoms with E-state index in [-0.39, 0.29) is 5.41 Å². The van der Waals surface area contributed by atoms with Gasteiger partial charge in [-0.3, -0.25) is 0 Å². The molecule has 0 amide bonds. The third kappa shape index (κ3) is 5.71. The van der Waals surface area contributed by atoms with Crippen LogP contribution in [0.15, 0.2) is 54.6 Å². The van der Waals surface area contributed by atoms with E-state index in [9.17, 15) is 0 Å². The summed E-state index contributed by atoms with van der Waals surface area (Å²) in [6.07, 6.45) is 6.51. The van der Waals surface area contributed by atoms with Crippen LogP contribution in [-0.4, -0.2) is 24.5 Å². The highest BCUT2D eigenvalue weighted by Crippen LogP contribution is 2.25. The van der Waals surface area contributed by atoms with Crippen LogP contribution in [0.1, 0.15) is 56.7 Å². The molecule has 0 spiro atoms. The molecule has 1 aliphatic rings. The van der Waals surface area contributed by atoms with Crippen LogP contribution in [0.5, 0.6) is 0 Å². The largest absolute Gasteiger partial charge is 0.303 e. The quantitative estimate of drug-likeness (QED) is 0.630. The van der Waals surface area contributed by atoms with E-state index in [0.29, 0.717) is 0 Å². The van der Waals surface area contributed by atoms with Crippen molar-refractivity contribution in [1.82, 2.24) is 4.90 Å². The topological polar surface area (TPSA) is 3.24 Å². The lowest BCUT2D eigenvalue weighted by Gasteiger charge is -2.32. The maximum atomic E-state index is 2.65. The Balaban J connectivity index is 1.37. The lowest BCUT2D eigenvalue weighted by Crippen LogP contribution is -2.35. The Bertz CT molecular complexity index is 643. The molecule has 2 aromatic rings. The molecule has 0 aliphatic carbocycles. The predicted molar refractivity (Wildman–Crippen MR) is 113 cm³/mol. The average molecular weight is 350 g/mol. The van der Waals surface area contributed by atoms with Crippen molar-refractivity contribution < 1.29 is 0 Å². The number of nitrogens with zero attached hydrogens (tertiary/aromatic N) is 1. The first-order chi connectivity index (χ1) is 12.5. The van der Waals surface area contributed by atoms with Gasteiger partial charge in [0.15, 0.2) is 0 Å². The number of hydrogen-bond donors (Lipinski definition) is 0. The zero-order valence-corrected chi connectivity index (χ0v) is 16.9. The van der Waals surface area contributed by atoms with Gasteiger partial charge in [0.2, 0.25) is 0 Å². The lowest BCUT2D eigenvalue weighted by atomic mass is 9.85. The van der Waals surface area contributed by atoms with E-state index in [2.05, 4.69) is 80.3 Å². The number of aryl methyl sites for hydroxylation is 1. The Morgan fingerprint density at radius 2 is 1.42 bits per heavy atom. The van der Waals surface area contributed by atoms with Gasteiger partial charge in [-0.05, 0) is 73.2 Å². The molecule has 0 unspecified atom stereocenters. The first-order valence-corrected chi connectivity index (χ1v) is 10.4. The third-order valence-electron chi connectivity index (χ3n) is 5.93. The standard InChI is InChI=1S/C25H35N/c1-25(2,3)24-13-11-22(12-14-24)9-10-23-16-19-26(20-17-23)18-15-21-7-5-4-6-8-21/h4-8,11-14,23H,9-10,15-20H2,1-3H3. The molecule has 0 N–H and O–H groups in total. The van der Waals surface area contributed by atoms with E-state index in [1.807, 2.05) is 0 Å². The maximum absolute atomic E-state index is 2.65. The average Bonchev–Trinajstić information content (AvgIpc) is 2.66. The van der Waals surface area contributed by atoms with Crippen molar-refractivity contribution in [3.63, 3.8) is 0 Å². The van der Waals surface area contributed by atoms with Crippen LogP contribution >= 0.6 is 0 Å². The fraction of sp³-hybridized carbons (Fsp3) is 0.520. The zero-order chi connectivity index (χ0) is 18.4. The fourth-order valence-corrected chi connectivity index (χ4v) is 3.97. The molecule has 0 radical (unpaired) electrons. The molecule has 1 heterocycles. The highest BCUT2D eigenvalue weighted by Gasteiger charge is 2.19. The first-order valence-electron chi connectivity index (χ1n) is 10.4. The Labute approximate surface area is 160 Å². The van der Waals surface area contributed by atoms with Gasteiger partial charge < -0.3 is 4.90 Å². The van der Waals surface area contributed by atoms with Crippen molar-refractivity contribution in [2.45, 2.75) is 58.3 Å². The summed E-state index contributed by atoms with van der Waals surface area (Å²) in [5.74, 6) is 0.908. The molecule has 2 aromatic carbocycles. The van der Waals surface area contributed by atoms with E-state index in [1.165, 1.54) is 68.4 Å². The summed E-state index contributed by atoms with van der Waals surface area (Å²) in [5, 5.41) is 0. The van der Waals surface area contributed by atoms with Crippen LogP contribution in [-0.2, 0) is 18.3 Å². The lowest BCUT2D eigenvalue weighted by molar-refractivity contribution is 0.181. The summed E-state index contributed by atoms with van der Waals surface area (Å²) < 4.78 is 0. The van der Waals surface area contributed by atoms with Gasteiger partial charge in [0.05, 0.1) is 0 Å². The Kier molecular flexibility index (Phi) is 6.53. The first kappa shape index (κ1) is 19.2. The molecule has 0 bridgehead atoms. The number of hydrogen-bond acceptors (Lipinski definition) is 1. The smallest absolute Gasteiger partial charge is 0.00218 e. The van der Waals surface area contributed by atoms with Gasteiger partial charge in [0.25, 0.3) is 0 Å². The maximum Gasteiger partial charge on any atom is 0.00218 e. The Morgan fingerprint density at radius 3 is 2.04 bits per heavy atom. The molecule has 1 nitrogen and oxygen atoms in total. The fourth-order valence-electron chi connectivity index (χ4n) is 3.97. The minimum atomic E-state index is 0.255. The van der Waals surface area contributed by atoms with Gasteiger partial charge in [-0.2, -0.15) is 0 Å². The normalized spacial score (nSPS) is 16.7. The molecule has 0 atom stereocenters. The number of likely N-dealkylation sites (tertiary alicyclic amines) is 1. The van der Waals surface area contributed by atoms with Gasteiger partial charge in [-0.25, -0.2) is 0 Å². The van der Waals surface area contributed by atoms with Crippen LogP contribution in [0.3, 0.4) is 0 Å². The highest BCUT2D eigenvalue weighted by atomic mass is 15.1. The van der Waals surface area contributed by atoms with Crippen molar-refractivity contribution in [3.8, 4) is 0 Å². The highest BCUT2D eigenvalue weighted by molar-refractivity contribution is 5.27. The molecule has 1 heteroatoms. The second-order valence-electron chi connectivity index (χ2n) is 9.01. The Morgan fingerprint density at radius 1 is 0.808 bits per heavy atom. The van der Waals surface area contributed by atoms with Crippen LogP contribution < -0.4 is 0 Å². The molecule has 1 saturated heterocycles. The van der Waals surface area contributed by atoms with Gasteiger partial charge in [-0.15, -0.1) is 0 Å². The van der Waals surface area contributed by atoms with Crippen LogP contribution in [0, 0.1) is 5.92 Å². The number of rotatable bonds is 6. The van der Waals surface area contributed by atoms with Gasteiger partial charge in [0.1, 0.15) is 0 Å². The minimum absolute atomic E-state index is 0.255. The van der Waals surface area contributed by atoms with E-state index in [1.54, 1.807) is 0 Å². The summed E-state index contributed by atoms with van der Waals surface area (Å²) in [4.78, 5) is 2.65. The van der Waals surface area contributed by atoms with Crippen molar-refractivity contribution in [3.05, 3.63) is 71.3 Å². The molecule has 26 heavy (non-hydrogen) atoms. The second kappa shape index (κ2) is 8.86. The Hall–Kier alpha value is -1.60. The molecular formula is C25H35N. The third-order valence-corrected chi connectivity index (χ3v) is 5.93. The number of benzene rings is 2. The predicted octanol–water partition coefficient (Wildman–Crippen LogP) is 5.87. The molecular weight excluding hydrogens is 314 g/mol. The molecule has 3 rings (SSSR count). The second-order valence-corrected chi connectivity index (χ2v) is 9.01. The summed E-state index contributed by atoms with van der Waals surface area (Å²) in [6.45, 7) is 10.6. The molecule has 140 valence electrons. The van der Waals surface area contributed by atoms with Crippen LogP contribution in [0.2, 0.25) is 0 Å². The monoisotopic (exact) mass is 349 g/mol. The van der Waals surface area contributed by atoms with Gasteiger partial charge in [0, 0.05) is 6.54 Å². The van der Waals surface area contributed by atoms with E-state index < -0.39 is 0 Å². The van der Waals surface area contributed by atoms with E-state index in [4.69, 9.17) is 0 Å². The van der Waals surface area contributed by atoms with Crippen LogP contribution in [0.4, 0.5) is 0 Å². The minimum Gasteiger partial charge on any atom is -0.303 e. The molecule has 1 fully saturated rings. The van der Waals surface area contributed by atoms with Crippen molar-refractivity contribution in [2.75, 3.05) is 19.6 Å². The van der Waals surface area contributed by atoms with Gasteiger partial charge >= 0.3 is 0 Å². The molecule has 0 aromatic heterocycles. The van der Waals surface area contributed by atoms with E-state index >= 15 is 0 Å². The van der Waals surface area contributed by atoms with E-state index in [0.717, 1.165) is 5.92 Å². The molecule has 1 aliphatic heterocycles. The summed E-state index contributed by atoms with van der Waals surface area (Å²) in [7, 11) is 0. The van der Waals surface area contributed by atoms with Crippen LogP contribution in [0.25, 0.3) is 0 Å². The van der Waals surface area contributed by atoms with Gasteiger partial charge in [-0.1, -0.05) is 75.4 Å². The van der Waals surface area contributed by atoms with Crippen molar-refractivity contribution in [1.29, 1.82) is 0 Å². The molecule has 0 saturated carbocycles. The zero-order valence-electron chi connectivity index (χ0n) is 16.9. The number of piperidine rings is 1. The summed E-state index contributed by atoms with van der Waals surface area (Å²) in [5.41, 5.74) is 4.66. The van der Waals surface area contributed by atoms with Crippen molar-refractivity contribution in [2.24, 2.45) is 5.92 Å². The van der Waals surface area contributed by atoms with Crippen molar-refractivity contribution >= 4 is 0 Å². The SMILES string of the molecule is CC(C)(C)c1ccc(CCC2CCN(CCc3ccccc3)CC2)cc1.